The van der Waals surface area contributed by atoms with E-state index in [2.05, 4.69) is 37.2 Å². The summed E-state index contributed by atoms with van der Waals surface area (Å²) >= 11 is 6.79. The predicted molar refractivity (Wildman–Crippen MR) is 82.6 cm³/mol. The van der Waals surface area contributed by atoms with E-state index in [1.54, 1.807) is 6.07 Å². The molecule has 19 heavy (non-hydrogen) atoms. The van der Waals surface area contributed by atoms with E-state index >= 15 is 0 Å². The van der Waals surface area contributed by atoms with Gasteiger partial charge in [0.15, 0.2) is 0 Å². The summed E-state index contributed by atoms with van der Waals surface area (Å²) in [6, 6.07) is 10.2. The minimum Gasteiger partial charge on any atom is -0.393 e. The lowest BCUT2D eigenvalue weighted by Gasteiger charge is -2.09. The Labute approximate surface area is 126 Å². The first kappa shape index (κ1) is 13.8. The second-order valence-corrected chi connectivity index (χ2v) is 5.55. The van der Waals surface area contributed by atoms with Crippen LogP contribution in [0.4, 0.5) is 22.7 Å². The highest BCUT2D eigenvalue weighted by Crippen LogP contribution is 2.31. The average Bonchev–Trinajstić information content (AvgIpc) is 2.32. The van der Waals surface area contributed by atoms with Crippen molar-refractivity contribution < 1.29 is 4.92 Å². The Bertz CT molecular complexity index is 647. The second-order valence-electron chi connectivity index (χ2n) is 3.78. The first-order valence-corrected chi connectivity index (χ1v) is 6.82. The molecule has 0 amide bonds. The zero-order valence-electron chi connectivity index (χ0n) is 9.56. The number of nitrogens with zero attached hydrogens (tertiary/aromatic N) is 1. The molecule has 3 N–H and O–H groups in total. The summed E-state index contributed by atoms with van der Waals surface area (Å²) < 4.78 is 1.83. The summed E-state index contributed by atoms with van der Waals surface area (Å²) in [5.41, 5.74) is 7.20. The summed E-state index contributed by atoms with van der Waals surface area (Å²) in [6.07, 6.45) is 0. The van der Waals surface area contributed by atoms with Gasteiger partial charge in [0.1, 0.15) is 5.69 Å². The fourth-order valence-corrected chi connectivity index (χ4v) is 2.69. The maximum Gasteiger partial charge on any atom is 0.292 e. The maximum absolute atomic E-state index is 10.7. The molecule has 0 saturated heterocycles. The molecule has 0 aliphatic carbocycles. The highest BCUT2D eigenvalue weighted by Gasteiger charge is 2.11. The van der Waals surface area contributed by atoms with Gasteiger partial charge < -0.3 is 11.1 Å². The molecular formula is C12H9Br2N3O2. The molecule has 0 heterocycles. The number of nitrogens with two attached hydrogens (primary N) is 1. The average molecular weight is 387 g/mol. The van der Waals surface area contributed by atoms with Gasteiger partial charge in [-0.05, 0) is 46.3 Å². The SMILES string of the molecule is Nc1cc(Nc2ccc(Br)cc2Br)ccc1[N+](=O)[O-]. The van der Waals surface area contributed by atoms with Gasteiger partial charge in [-0.15, -0.1) is 0 Å². The van der Waals surface area contributed by atoms with E-state index in [0.717, 1.165) is 14.6 Å². The molecule has 0 saturated carbocycles. The van der Waals surface area contributed by atoms with Crippen LogP contribution in [-0.4, -0.2) is 4.92 Å². The van der Waals surface area contributed by atoms with Crippen LogP contribution in [0.3, 0.4) is 0 Å². The lowest BCUT2D eigenvalue weighted by molar-refractivity contribution is -0.383. The van der Waals surface area contributed by atoms with Gasteiger partial charge in [-0.2, -0.15) is 0 Å². The largest absolute Gasteiger partial charge is 0.393 e. The van der Waals surface area contributed by atoms with Crippen molar-refractivity contribution in [2.24, 2.45) is 0 Å². The lowest BCUT2D eigenvalue weighted by Crippen LogP contribution is -1.98. The molecular weight excluding hydrogens is 378 g/mol. The van der Waals surface area contributed by atoms with Crippen molar-refractivity contribution in [2.75, 3.05) is 11.1 Å². The third-order valence-electron chi connectivity index (χ3n) is 2.43. The first-order chi connectivity index (χ1) is 8.97. The Morgan fingerprint density at radius 2 is 1.89 bits per heavy atom. The molecule has 2 rings (SSSR count). The molecule has 0 bridgehead atoms. The van der Waals surface area contributed by atoms with Crippen LogP contribution in [0.25, 0.3) is 0 Å². The van der Waals surface area contributed by atoms with Gasteiger partial charge in [-0.1, -0.05) is 15.9 Å². The Hall–Kier alpha value is -1.60. The Morgan fingerprint density at radius 1 is 1.16 bits per heavy atom. The quantitative estimate of drug-likeness (QED) is 0.464. The molecule has 0 spiro atoms. The molecule has 2 aromatic carbocycles. The third-order valence-corrected chi connectivity index (χ3v) is 3.58. The molecule has 0 radical (unpaired) electrons. The van der Waals surface area contributed by atoms with Crippen molar-refractivity contribution in [3.63, 3.8) is 0 Å². The molecule has 2 aromatic rings. The minimum atomic E-state index is -0.505. The number of nitro benzene ring substituents is 1. The first-order valence-electron chi connectivity index (χ1n) is 5.23. The zero-order valence-corrected chi connectivity index (χ0v) is 12.7. The van der Waals surface area contributed by atoms with Gasteiger partial charge in [0, 0.05) is 20.7 Å². The van der Waals surface area contributed by atoms with Gasteiger partial charge in [-0.25, -0.2) is 0 Å². The smallest absolute Gasteiger partial charge is 0.292 e. The lowest BCUT2D eigenvalue weighted by atomic mass is 10.2. The van der Waals surface area contributed by atoms with Crippen molar-refractivity contribution >= 4 is 54.6 Å². The van der Waals surface area contributed by atoms with E-state index in [0.29, 0.717) is 5.69 Å². The minimum absolute atomic E-state index is 0.0968. The van der Waals surface area contributed by atoms with E-state index in [9.17, 15) is 10.1 Å². The van der Waals surface area contributed by atoms with Crippen LogP contribution < -0.4 is 11.1 Å². The zero-order chi connectivity index (χ0) is 14.0. The van der Waals surface area contributed by atoms with Gasteiger partial charge in [0.25, 0.3) is 5.69 Å². The van der Waals surface area contributed by atoms with Crippen LogP contribution in [0.1, 0.15) is 0 Å². The molecule has 5 nitrogen and oxygen atoms in total. The molecule has 7 heteroatoms. The predicted octanol–water partition coefficient (Wildman–Crippen LogP) is 4.45. The van der Waals surface area contributed by atoms with Crippen LogP contribution in [-0.2, 0) is 0 Å². The molecule has 0 fully saturated rings. The number of nitro groups is 1. The third kappa shape index (κ3) is 3.24. The summed E-state index contributed by atoms with van der Waals surface area (Å²) in [7, 11) is 0. The van der Waals surface area contributed by atoms with Gasteiger partial charge >= 0.3 is 0 Å². The van der Waals surface area contributed by atoms with Crippen molar-refractivity contribution in [1.82, 2.24) is 0 Å². The van der Waals surface area contributed by atoms with Crippen molar-refractivity contribution in [1.29, 1.82) is 0 Å². The topological polar surface area (TPSA) is 81.2 Å². The number of benzene rings is 2. The number of rotatable bonds is 3. The van der Waals surface area contributed by atoms with Crippen LogP contribution in [0.15, 0.2) is 45.3 Å². The number of nitrogens with one attached hydrogen (secondary N) is 1. The molecule has 0 aromatic heterocycles. The molecule has 0 unspecified atom stereocenters. The fraction of sp³-hybridized carbons (Fsp3) is 0. The highest BCUT2D eigenvalue weighted by atomic mass is 79.9. The molecule has 0 aliphatic heterocycles. The van der Waals surface area contributed by atoms with Gasteiger partial charge in [0.05, 0.1) is 10.6 Å². The second kappa shape index (κ2) is 5.58. The van der Waals surface area contributed by atoms with Crippen molar-refractivity contribution in [3.8, 4) is 0 Å². The number of hydrogen-bond acceptors (Lipinski definition) is 4. The van der Waals surface area contributed by atoms with E-state index < -0.39 is 4.92 Å². The van der Waals surface area contributed by atoms with Gasteiger partial charge in [0.2, 0.25) is 0 Å². The van der Waals surface area contributed by atoms with Crippen LogP contribution in [0.5, 0.6) is 0 Å². The van der Waals surface area contributed by atoms with E-state index in [1.165, 1.54) is 12.1 Å². The number of nitrogen functional groups attached to an aromatic ring is 1. The summed E-state index contributed by atoms with van der Waals surface area (Å²) in [4.78, 5) is 10.2. The van der Waals surface area contributed by atoms with Gasteiger partial charge in [-0.3, -0.25) is 10.1 Å². The maximum atomic E-state index is 10.7. The molecule has 98 valence electrons. The normalized spacial score (nSPS) is 10.2. The summed E-state index contributed by atoms with van der Waals surface area (Å²) in [5, 5.41) is 13.8. The monoisotopic (exact) mass is 385 g/mol. The summed E-state index contributed by atoms with van der Waals surface area (Å²) in [6.45, 7) is 0. The van der Waals surface area contributed by atoms with E-state index in [4.69, 9.17) is 5.73 Å². The summed E-state index contributed by atoms with van der Waals surface area (Å²) in [5.74, 6) is 0. The Kier molecular flexibility index (Phi) is 4.06. The number of hydrogen-bond donors (Lipinski definition) is 2. The van der Waals surface area contributed by atoms with Crippen molar-refractivity contribution in [3.05, 3.63) is 55.5 Å². The van der Waals surface area contributed by atoms with E-state index in [-0.39, 0.29) is 11.4 Å². The van der Waals surface area contributed by atoms with E-state index in [1.807, 2.05) is 18.2 Å². The van der Waals surface area contributed by atoms with Crippen molar-refractivity contribution in [2.45, 2.75) is 0 Å². The molecule has 0 atom stereocenters. The number of halogens is 2. The Morgan fingerprint density at radius 3 is 2.47 bits per heavy atom. The Balaban J connectivity index is 2.29. The van der Waals surface area contributed by atoms with Crippen LogP contribution in [0, 0.1) is 10.1 Å². The van der Waals surface area contributed by atoms with Crippen LogP contribution in [0.2, 0.25) is 0 Å². The number of anilines is 3. The highest BCUT2D eigenvalue weighted by molar-refractivity contribution is 9.11. The fourth-order valence-electron chi connectivity index (χ4n) is 1.54. The standard InChI is InChI=1S/C12H9Br2N3O2/c13-7-1-3-11(9(14)5-7)16-8-2-4-12(17(18)19)10(15)6-8/h1-6,16H,15H2. The van der Waals surface area contributed by atoms with Crippen LogP contribution >= 0.6 is 31.9 Å². The molecule has 0 aliphatic rings.